The van der Waals surface area contributed by atoms with E-state index in [0.29, 0.717) is 0 Å². The maximum Gasteiger partial charge on any atom is 0.100 e. The van der Waals surface area contributed by atoms with Crippen molar-refractivity contribution in [3.05, 3.63) is 142 Å². The van der Waals surface area contributed by atoms with Gasteiger partial charge in [0.05, 0.1) is 11.4 Å². The Kier molecular flexibility index (Phi) is 4.74. The van der Waals surface area contributed by atoms with Crippen molar-refractivity contribution in [2.45, 2.75) is 0 Å². The molecule has 0 radical (unpaired) electrons. The molecule has 0 fully saturated rings. The fourth-order valence-electron chi connectivity index (χ4n) is 4.24. The lowest BCUT2D eigenvalue weighted by Gasteiger charge is -2.33. The molecule has 0 aromatic heterocycles. The van der Waals surface area contributed by atoms with E-state index in [1.807, 2.05) is 12.1 Å². The minimum absolute atomic E-state index is 0.986. The molecule has 0 spiro atoms. The first kappa shape index (κ1) is 18.9. The molecule has 0 atom stereocenters. The first-order valence-electron chi connectivity index (χ1n) is 10.7. The zero-order chi connectivity index (χ0) is 21.3. The Hall–Kier alpha value is -3.82. The number of anilines is 1. The molecule has 0 saturated heterocycles. The lowest BCUT2D eigenvalue weighted by molar-refractivity contribution is 1.08. The first-order valence-corrected chi connectivity index (χ1v) is 11.5. The standard InChI is InChI=1S/C29H20N2S/c1-4-12-21(13-5-1)26-27(22-14-6-2-7-15-22)30-31(24-17-8-3-9-18-24)28-25-19-11-10-16-23(25)20-32-29(26)28/h1-20H. The van der Waals surface area contributed by atoms with E-state index in [4.69, 9.17) is 5.10 Å². The van der Waals surface area contributed by atoms with Gasteiger partial charge in [-0.2, -0.15) is 5.10 Å². The van der Waals surface area contributed by atoms with Gasteiger partial charge in [-0.25, -0.2) is 5.01 Å². The van der Waals surface area contributed by atoms with Crippen molar-refractivity contribution in [1.29, 1.82) is 0 Å². The van der Waals surface area contributed by atoms with Gasteiger partial charge < -0.3 is 0 Å². The maximum atomic E-state index is 5.29. The summed E-state index contributed by atoms with van der Waals surface area (Å²) in [5.41, 5.74) is 6.64. The summed E-state index contributed by atoms with van der Waals surface area (Å²) in [6.07, 6.45) is 0. The third-order valence-electron chi connectivity index (χ3n) is 5.72. The third kappa shape index (κ3) is 3.19. The van der Waals surface area contributed by atoms with Crippen LogP contribution in [0.25, 0.3) is 16.7 Å². The number of fused-ring (bicyclic) bond motifs is 2. The number of rotatable bonds is 3. The molecule has 0 aliphatic carbocycles. The number of hydrogen-bond donors (Lipinski definition) is 0. The monoisotopic (exact) mass is 428 g/mol. The molecule has 0 unspecified atom stereocenters. The minimum atomic E-state index is 0.986. The van der Waals surface area contributed by atoms with Gasteiger partial charge >= 0.3 is 0 Å². The van der Waals surface area contributed by atoms with Gasteiger partial charge in [0, 0.05) is 21.3 Å². The number of benzene rings is 4. The van der Waals surface area contributed by atoms with Crippen LogP contribution in [0.15, 0.2) is 125 Å². The zero-order valence-electron chi connectivity index (χ0n) is 17.3. The van der Waals surface area contributed by atoms with Crippen molar-refractivity contribution in [2.75, 3.05) is 5.01 Å². The van der Waals surface area contributed by atoms with Crippen LogP contribution in [-0.4, -0.2) is 5.71 Å². The molecule has 4 aromatic rings. The summed E-state index contributed by atoms with van der Waals surface area (Å²) in [6, 6.07) is 40.1. The topological polar surface area (TPSA) is 15.6 Å². The van der Waals surface area contributed by atoms with Crippen molar-refractivity contribution in [1.82, 2.24) is 0 Å². The average Bonchev–Trinajstić information content (AvgIpc) is 2.89. The number of hydrazone groups is 1. The molecular formula is C29H20N2S. The average molecular weight is 429 g/mol. The van der Waals surface area contributed by atoms with E-state index in [-0.39, 0.29) is 0 Å². The molecule has 2 aliphatic heterocycles. The van der Waals surface area contributed by atoms with Crippen LogP contribution in [0.5, 0.6) is 0 Å². The van der Waals surface area contributed by atoms with Gasteiger partial charge in [0.15, 0.2) is 0 Å². The molecule has 152 valence electrons. The summed E-state index contributed by atoms with van der Waals surface area (Å²) >= 11 is 1.78. The fourth-order valence-corrected chi connectivity index (χ4v) is 5.33. The van der Waals surface area contributed by atoms with Crippen LogP contribution in [0.2, 0.25) is 0 Å². The molecule has 4 aromatic carbocycles. The largest absolute Gasteiger partial charge is 0.231 e. The Balaban J connectivity index is 1.73. The molecule has 6 rings (SSSR count). The molecule has 3 heteroatoms. The van der Waals surface area contributed by atoms with Crippen molar-refractivity contribution in [3.63, 3.8) is 0 Å². The Labute approximate surface area is 191 Å². The summed E-state index contributed by atoms with van der Waals surface area (Å²) in [5, 5.41) is 12.1. The highest BCUT2D eigenvalue weighted by atomic mass is 32.2. The van der Waals surface area contributed by atoms with Crippen molar-refractivity contribution >= 4 is 39.8 Å². The van der Waals surface area contributed by atoms with Crippen LogP contribution in [-0.2, 0) is 0 Å². The first-order chi connectivity index (χ1) is 15.9. The summed E-state index contributed by atoms with van der Waals surface area (Å²) in [5.74, 6) is 0. The van der Waals surface area contributed by atoms with Crippen LogP contribution in [0.4, 0.5) is 5.69 Å². The van der Waals surface area contributed by atoms with E-state index in [1.54, 1.807) is 11.8 Å². The van der Waals surface area contributed by atoms with Crippen LogP contribution < -0.4 is 15.4 Å². The van der Waals surface area contributed by atoms with Gasteiger partial charge in [-0.05, 0) is 28.3 Å². The molecule has 2 nitrogen and oxygen atoms in total. The Morgan fingerprint density at radius 3 is 1.91 bits per heavy atom. The van der Waals surface area contributed by atoms with Crippen molar-refractivity contribution in [2.24, 2.45) is 5.10 Å². The third-order valence-corrected chi connectivity index (χ3v) is 6.73. The van der Waals surface area contributed by atoms with Gasteiger partial charge in [0.2, 0.25) is 0 Å². The Morgan fingerprint density at radius 2 is 1.19 bits per heavy atom. The molecule has 0 bridgehead atoms. The quantitative estimate of drug-likeness (QED) is 0.421. The van der Waals surface area contributed by atoms with Gasteiger partial charge in [0.1, 0.15) is 5.71 Å². The van der Waals surface area contributed by atoms with Crippen LogP contribution in [0, 0.1) is 0 Å². The van der Waals surface area contributed by atoms with E-state index in [1.165, 1.54) is 26.5 Å². The van der Waals surface area contributed by atoms with E-state index in [9.17, 15) is 0 Å². The number of para-hydroxylation sites is 1. The number of nitrogens with zero attached hydrogens (tertiary/aromatic N) is 2. The highest BCUT2D eigenvalue weighted by Gasteiger charge is 2.31. The van der Waals surface area contributed by atoms with Gasteiger partial charge in [0.25, 0.3) is 0 Å². The zero-order valence-corrected chi connectivity index (χ0v) is 18.2. The Morgan fingerprint density at radius 1 is 0.594 bits per heavy atom. The fraction of sp³-hybridized carbons (Fsp3) is 0. The Bertz CT molecular complexity index is 1470. The summed E-state index contributed by atoms with van der Waals surface area (Å²) < 4.78 is 0. The second kappa shape index (κ2) is 8.03. The second-order valence-electron chi connectivity index (χ2n) is 7.70. The molecular weight excluding hydrogens is 408 g/mol. The maximum absolute atomic E-state index is 5.29. The van der Waals surface area contributed by atoms with Crippen LogP contribution >= 0.6 is 11.8 Å². The smallest absolute Gasteiger partial charge is 0.100 e. The predicted octanol–water partition coefficient (Wildman–Crippen LogP) is 5.62. The summed E-state index contributed by atoms with van der Waals surface area (Å²) in [7, 11) is 0. The minimum Gasteiger partial charge on any atom is -0.231 e. The van der Waals surface area contributed by atoms with Crippen molar-refractivity contribution in [3.8, 4) is 0 Å². The predicted molar refractivity (Wildman–Crippen MR) is 136 cm³/mol. The molecule has 0 N–H and O–H groups in total. The van der Waals surface area contributed by atoms with Crippen molar-refractivity contribution < 1.29 is 0 Å². The molecule has 0 saturated carbocycles. The highest BCUT2D eigenvalue weighted by molar-refractivity contribution is 8.10. The van der Waals surface area contributed by atoms with Gasteiger partial charge in [-0.3, -0.25) is 0 Å². The molecule has 2 heterocycles. The molecule has 32 heavy (non-hydrogen) atoms. The highest BCUT2D eigenvalue weighted by Crippen LogP contribution is 2.43. The molecule has 2 aliphatic rings. The van der Waals surface area contributed by atoms with E-state index in [2.05, 4.69) is 114 Å². The van der Waals surface area contributed by atoms with E-state index < -0.39 is 0 Å². The van der Waals surface area contributed by atoms with Crippen LogP contribution in [0.1, 0.15) is 11.1 Å². The second-order valence-corrected chi connectivity index (χ2v) is 8.58. The summed E-state index contributed by atoms with van der Waals surface area (Å²) in [6.45, 7) is 0. The number of thioether (sulfide) groups is 1. The lowest BCUT2D eigenvalue weighted by atomic mass is 9.93. The summed E-state index contributed by atoms with van der Waals surface area (Å²) in [4.78, 5) is 1.23. The number of allylic oxidation sites excluding steroid dienone is 1. The normalized spacial score (nSPS) is 14.9. The lowest BCUT2D eigenvalue weighted by Crippen LogP contribution is -2.37. The molecule has 0 amide bonds. The number of hydrogen-bond acceptors (Lipinski definition) is 3. The van der Waals surface area contributed by atoms with Gasteiger partial charge in [-0.15, -0.1) is 0 Å². The van der Waals surface area contributed by atoms with E-state index in [0.717, 1.165) is 22.7 Å². The van der Waals surface area contributed by atoms with E-state index >= 15 is 0 Å². The SMILES string of the molecule is C1=c2ccccc2=C2C(=C(c3ccccc3)C(c3ccccc3)=NN2c2ccccc2)S1. The van der Waals surface area contributed by atoms with Crippen LogP contribution in [0.3, 0.4) is 0 Å². The van der Waals surface area contributed by atoms with Gasteiger partial charge in [-0.1, -0.05) is 115 Å².